The van der Waals surface area contributed by atoms with E-state index in [0.717, 1.165) is 20.8 Å². The monoisotopic (exact) mass is 1390 g/mol. The highest BCUT2D eigenvalue weighted by atomic mass is 16.8. The Morgan fingerprint density at radius 2 is 1.08 bits per heavy atom. The molecule has 554 valence electrons. The number of carbonyl (C=O) groups is 4. The Balaban J connectivity index is 0.885. The molecule has 35 atom stereocenters. The van der Waals surface area contributed by atoms with Crippen LogP contribution in [-0.2, 0) is 80.8 Å². The topological polar surface area (TPSA) is 492 Å². The second-order valence-electron chi connectivity index (χ2n) is 30.6. The van der Waals surface area contributed by atoms with E-state index >= 15 is 0 Å². The summed E-state index contributed by atoms with van der Waals surface area (Å²) in [6.07, 6.45) is -40.0. The molecule has 10 aliphatic rings. The van der Waals surface area contributed by atoms with Crippen molar-refractivity contribution in [3.05, 3.63) is 11.6 Å². The van der Waals surface area contributed by atoms with Gasteiger partial charge >= 0.3 is 23.9 Å². The summed E-state index contributed by atoms with van der Waals surface area (Å²) in [7, 11) is 0. The number of carboxylic acids is 1. The lowest BCUT2D eigenvalue weighted by Crippen LogP contribution is -2.69. The Morgan fingerprint density at radius 3 is 1.69 bits per heavy atom. The van der Waals surface area contributed by atoms with Crippen LogP contribution in [0, 0.1) is 50.2 Å². The third-order valence-corrected chi connectivity index (χ3v) is 24.4. The van der Waals surface area contributed by atoms with Crippen molar-refractivity contribution in [1.29, 1.82) is 0 Å². The van der Waals surface area contributed by atoms with Crippen LogP contribution in [0.4, 0.5) is 0 Å². The third-order valence-electron chi connectivity index (χ3n) is 24.4. The molecule has 35 unspecified atom stereocenters. The molecule has 97 heavy (non-hydrogen) atoms. The van der Waals surface area contributed by atoms with Gasteiger partial charge in [-0.05, 0) is 90.8 Å². The predicted molar refractivity (Wildman–Crippen MR) is 321 cm³/mol. The number of ether oxygens (including phenoxy) is 13. The highest BCUT2D eigenvalue weighted by molar-refractivity contribution is 5.73. The first kappa shape index (κ1) is 76.3. The first-order valence-corrected chi connectivity index (χ1v) is 33.6. The number of rotatable bonds is 18. The van der Waals surface area contributed by atoms with Crippen molar-refractivity contribution in [2.45, 2.75) is 286 Å². The minimum Gasteiger partial charge on any atom is -0.479 e. The fourth-order valence-corrected chi connectivity index (χ4v) is 18.7. The summed E-state index contributed by atoms with van der Waals surface area (Å²) in [5, 5.41) is 167. The van der Waals surface area contributed by atoms with Crippen molar-refractivity contribution in [2.24, 2.45) is 50.2 Å². The van der Waals surface area contributed by atoms with Crippen LogP contribution in [0.15, 0.2) is 11.6 Å². The molecule has 0 spiro atoms. The highest BCUT2D eigenvalue weighted by Crippen LogP contribution is 2.76. The zero-order valence-corrected chi connectivity index (χ0v) is 56.2. The van der Waals surface area contributed by atoms with Crippen LogP contribution >= 0.6 is 0 Å². The van der Waals surface area contributed by atoms with E-state index in [1.165, 1.54) is 5.57 Å². The van der Waals surface area contributed by atoms with Gasteiger partial charge in [0.25, 0.3) is 0 Å². The molecule has 0 amide bonds. The highest BCUT2D eigenvalue weighted by Gasteiger charge is 2.71. The maximum atomic E-state index is 12.7. The minimum atomic E-state index is -2.18. The number of esters is 3. The molecule has 0 aromatic carbocycles. The SMILES string of the molecule is CC(=O)OCC1OC(OC2C(O)COC(OC3C(O)C(C)(C)CC4C5=CCC6C7(C)CCC(OC8OC(C(=O)O)C(O)C(O)C8OC8OC(CO)C(O)C(O)C8OC8OC(CO)C(O)C(O)C8O)C(C)(CO)C7CCC6(C)C5(C)CCC43C)C2O)C(O)C(OC(C)=O)C1OC(C)=O. The summed E-state index contributed by atoms with van der Waals surface area (Å²) in [5.74, 6) is -4.61. The minimum absolute atomic E-state index is 0.00628. The summed E-state index contributed by atoms with van der Waals surface area (Å²) in [5.41, 5.74) is -2.85. The molecule has 32 nitrogen and oxygen atoms in total. The van der Waals surface area contributed by atoms with Crippen LogP contribution in [0.25, 0.3) is 0 Å². The Kier molecular flexibility index (Phi) is 22.6. The first-order chi connectivity index (χ1) is 45.4. The van der Waals surface area contributed by atoms with Crippen molar-refractivity contribution in [1.82, 2.24) is 0 Å². The molecule has 5 heterocycles. The van der Waals surface area contributed by atoms with Gasteiger partial charge < -0.3 is 138 Å². The summed E-state index contributed by atoms with van der Waals surface area (Å²) in [6.45, 7) is 14.7. The van der Waals surface area contributed by atoms with Crippen LogP contribution in [0.2, 0.25) is 0 Å². The number of aliphatic hydroxyl groups is 14. The van der Waals surface area contributed by atoms with E-state index in [9.17, 15) is 95.8 Å². The molecule has 9 fully saturated rings. The predicted octanol–water partition coefficient (Wildman–Crippen LogP) is -3.35. The summed E-state index contributed by atoms with van der Waals surface area (Å²) in [6, 6.07) is 0. The maximum Gasteiger partial charge on any atom is 0.335 e. The maximum absolute atomic E-state index is 12.7. The van der Waals surface area contributed by atoms with Gasteiger partial charge in [0.1, 0.15) is 104 Å². The Hall–Kier alpha value is -3.34. The number of carbonyl (C=O) groups excluding carboxylic acids is 3. The average Bonchev–Trinajstić information content (AvgIpc) is 0.670. The second-order valence-corrected chi connectivity index (χ2v) is 30.6. The van der Waals surface area contributed by atoms with Crippen molar-refractivity contribution in [3.8, 4) is 0 Å². The number of hydrogen-bond acceptors (Lipinski definition) is 31. The molecule has 0 aromatic rings. The Bertz CT molecular complexity index is 2830. The van der Waals surface area contributed by atoms with Crippen LogP contribution in [0.1, 0.15) is 121 Å². The van der Waals surface area contributed by atoms with Gasteiger partial charge in [0.05, 0.1) is 44.7 Å². The average molecular weight is 1400 g/mol. The van der Waals surface area contributed by atoms with Crippen LogP contribution < -0.4 is 0 Å². The van der Waals surface area contributed by atoms with Crippen molar-refractivity contribution in [3.63, 3.8) is 0 Å². The molecule has 0 bridgehead atoms. The van der Waals surface area contributed by atoms with E-state index in [1.807, 2.05) is 20.8 Å². The van der Waals surface area contributed by atoms with E-state index in [-0.39, 0.29) is 29.6 Å². The number of allylic oxidation sites excluding steroid dienone is 2. The first-order valence-electron chi connectivity index (χ1n) is 33.6. The van der Waals surface area contributed by atoms with E-state index in [2.05, 4.69) is 33.8 Å². The number of fused-ring (bicyclic) bond motifs is 7. The number of aliphatic carboxylic acids is 1. The lowest BCUT2D eigenvalue weighted by atomic mass is 9.33. The smallest absolute Gasteiger partial charge is 0.335 e. The Labute approximate surface area is 560 Å². The lowest BCUT2D eigenvalue weighted by molar-refractivity contribution is -0.397. The fraction of sp³-hybridized carbons (Fsp3) is 0.908. The molecule has 32 heteroatoms. The summed E-state index contributed by atoms with van der Waals surface area (Å²) < 4.78 is 77.1. The van der Waals surface area contributed by atoms with Gasteiger partial charge in [-0.1, -0.05) is 60.1 Å². The number of hydrogen-bond donors (Lipinski definition) is 15. The normalized spacial score (nSPS) is 51.2. The Morgan fingerprint density at radius 1 is 0.526 bits per heavy atom. The lowest BCUT2D eigenvalue weighted by Gasteiger charge is -2.72. The van der Waals surface area contributed by atoms with Gasteiger partial charge in [0.2, 0.25) is 0 Å². The molecule has 4 saturated carbocycles. The standard InChI is InChI=1S/C65H102O32/c1-25(69)85-23-33-47(87-26(2)70)48(88-27(3)71)45(81)57(91-33)93-46-30(72)22-86-55(44(46)80)97-53-52(82)60(4,5)19-29-28-11-12-35-62(7)15-14-36(63(8,24-68)34(62)13-16-65(35,10)64(28,9)18-17-61(29,53)6)92-59-51(42(78)41(77)49(94-59)54(83)84)96-58-50(40(76)38(74)32(21-67)90-58)95-56-43(79)39(75)37(73)31(20-66)89-56/h11,29-53,55-59,66-68,72-82H,12-24H2,1-10H3,(H,83,84). The molecular weight excluding hydrogens is 1290 g/mol. The molecule has 5 aliphatic heterocycles. The molecular formula is C65H102O32. The van der Waals surface area contributed by atoms with Crippen molar-refractivity contribution in [2.75, 3.05) is 33.0 Å². The molecule has 5 saturated heterocycles. The van der Waals surface area contributed by atoms with Gasteiger partial charge in [0.15, 0.2) is 49.8 Å². The molecule has 15 N–H and O–H groups in total. The molecule has 5 aliphatic carbocycles. The van der Waals surface area contributed by atoms with Crippen LogP contribution in [0.3, 0.4) is 0 Å². The van der Waals surface area contributed by atoms with E-state index < -0.39 is 250 Å². The van der Waals surface area contributed by atoms with Gasteiger partial charge in [-0.3, -0.25) is 14.4 Å². The summed E-state index contributed by atoms with van der Waals surface area (Å²) in [4.78, 5) is 49.2. The van der Waals surface area contributed by atoms with E-state index in [4.69, 9.17) is 61.6 Å². The van der Waals surface area contributed by atoms with Crippen LogP contribution in [0.5, 0.6) is 0 Å². The largest absolute Gasteiger partial charge is 0.479 e. The van der Waals surface area contributed by atoms with Crippen molar-refractivity contribution < 1.29 is 157 Å². The van der Waals surface area contributed by atoms with E-state index in [1.54, 1.807) is 0 Å². The zero-order valence-electron chi connectivity index (χ0n) is 56.2. The molecule has 0 radical (unpaired) electrons. The third kappa shape index (κ3) is 13.5. The van der Waals surface area contributed by atoms with Gasteiger partial charge in [0, 0.05) is 31.6 Å². The molecule has 10 rings (SSSR count). The number of carboxylic acid groups (broad SMARTS) is 1. The van der Waals surface area contributed by atoms with E-state index in [0.29, 0.717) is 44.9 Å². The van der Waals surface area contributed by atoms with Crippen molar-refractivity contribution >= 4 is 23.9 Å². The quantitative estimate of drug-likeness (QED) is 0.0276. The second kappa shape index (κ2) is 28.7. The number of aliphatic hydroxyl groups excluding tert-OH is 14. The molecule has 0 aromatic heterocycles. The summed E-state index contributed by atoms with van der Waals surface area (Å²) >= 11 is 0. The van der Waals surface area contributed by atoms with Gasteiger partial charge in [-0.25, -0.2) is 4.79 Å². The fourth-order valence-electron chi connectivity index (χ4n) is 18.7. The zero-order chi connectivity index (χ0) is 71.3. The van der Waals surface area contributed by atoms with Gasteiger partial charge in [-0.15, -0.1) is 0 Å². The van der Waals surface area contributed by atoms with Crippen LogP contribution in [-0.4, -0.2) is 299 Å². The van der Waals surface area contributed by atoms with Gasteiger partial charge in [-0.2, -0.15) is 0 Å².